The molecule has 1 atom stereocenters. The fourth-order valence-corrected chi connectivity index (χ4v) is 2.81. The second kappa shape index (κ2) is 6.12. The fraction of sp³-hybridized carbons (Fsp3) is 0.222. The monoisotopic (exact) mass is 309 g/mol. The Bertz CT molecular complexity index is 723. The first-order valence-electron chi connectivity index (χ1n) is 7.56. The first-order chi connectivity index (χ1) is 11.0. The molecule has 0 radical (unpaired) electrons. The molecule has 2 aromatic rings. The van der Waals surface area contributed by atoms with Gasteiger partial charge in [0.25, 0.3) is 0 Å². The second-order valence-electron chi connectivity index (χ2n) is 5.89. The maximum atomic E-state index is 12.0. The molecule has 5 nitrogen and oxygen atoms in total. The molecule has 1 unspecified atom stereocenters. The Labute approximate surface area is 134 Å². The average molecular weight is 309 g/mol. The molecule has 0 spiro atoms. The lowest BCUT2D eigenvalue weighted by Crippen LogP contribution is -2.28. The summed E-state index contributed by atoms with van der Waals surface area (Å²) >= 11 is 0. The molecule has 2 aromatic carbocycles. The van der Waals surface area contributed by atoms with E-state index in [0.29, 0.717) is 6.54 Å². The van der Waals surface area contributed by atoms with Crippen molar-refractivity contribution in [1.29, 1.82) is 0 Å². The number of carbonyl (C=O) groups is 2. The maximum Gasteiger partial charge on any atom is 0.227 e. The van der Waals surface area contributed by atoms with Gasteiger partial charge >= 0.3 is 0 Å². The molecule has 1 aliphatic rings. The Balaban J connectivity index is 1.71. The van der Waals surface area contributed by atoms with Crippen LogP contribution in [0.2, 0.25) is 0 Å². The lowest BCUT2D eigenvalue weighted by molar-refractivity contribution is -0.123. The van der Waals surface area contributed by atoms with E-state index in [4.69, 9.17) is 11.5 Å². The predicted octanol–water partition coefficient (Wildman–Crippen LogP) is 1.70. The summed E-state index contributed by atoms with van der Waals surface area (Å²) in [7, 11) is 0. The molecule has 1 aliphatic heterocycles. The third kappa shape index (κ3) is 3.34. The number of anilines is 2. The lowest BCUT2D eigenvalue weighted by atomic mass is 10.0. The number of nitrogen functional groups attached to an aromatic ring is 1. The highest BCUT2D eigenvalue weighted by molar-refractivity contribution is 6.00. The highest BCUT2D eigenvalue weighted by Gasteiger charge is 2.33. The number of primary amides is 1. The lowest BCUT2D eigenvalue weighted by Gasteiger charge is -2.16. The van der Waals surface area contributed by atoms with Crippen molar-refractivity contribution in [2.75, 3.05) is 17.2 Å². The van der Waals surface area contributed by atoms with Crippen molar-refractivity contribution < 1.29 is 9.59 Å². The number of nitrogens with zero attached hydrogens (tertiary/aromatic N) is 1. The van der Waals surface area contributed by atoms with Crippen LogP contribution in [-0.4, -0.2) is 18.4 Å². The van der Waals surface area contributed by atoms with Crippen LogP contribution in [0.4, 0.5) is 11.4 Å². The standard InChI is InChI=1S/C18H19N3O2/c19-15-5-1-12(2-6-15)9-13-3-7-16(8-4-13)21-11-14(18(20)23)10-17(21)22/h1-8,14H,9-11,19H2,(H2,20,23). The summed E-state index contributed by atoms with van der Waals surface area (Å²) in [6, 6.07) is 15.6. The molecule has 0 saturated carbocycles. The molecule has 4 N–H and O–H groups in total. The van der Waals surface area contributed by atoms with Crippen LogP contribution in [0.5, 0.6) is 0 Å². The van der Waals surface area contributed by atoms with Crippen LogP contribution in [0, 0.1) is 5.92 Å². The Morgan fingerprint density at radius 1 is 1.04 bits per heavy atom. The minimum absolute atomic E-state index is 0.0555. The smallest absolute Gasteiger partial charge is 0.227 e. The topological polar surface area (TPSA) is 89.4 Å². The molecule has 0 aliphatic carbocycles. The van der Waals surface area contributed by atoms with E-state index in [9.17, 15) is 9.59 Å². The van der Waals surface area contributed by atoms with Gasteiger partial charge in [0, 0.05) is 24.3 Å². The molecule has 118 valence electrons. The van der Waals surface area contributed by atoms with Gasteiger partial charge in [0.2, 0.25) is 11.8 Å². The summed E-state index contributed by atoms with van der Waals surface area (Å²) in [6.45, 7) is 0.367. The largest absolute Gasteiger partial charge is 0.399 e. The van der Waals surface area contributed by atoms with Crippen LogP contribution in [0.25, 0.3) is 0 Å². The zero-order valence-corrected chi connectivity index (χ0v) is 12.7. The average Bonchev–Trinajstić information content (AvgIpc) is 2.93. The summed E-state index contributed by atoms with van der Waals surface area (Å²) in [4.78, 5) is 24.9. The van der Waals surface area contributed by atoms with Crippen molar-refractivity contribution in [3.8, 4) is 0 Å². The number of carbonyl (C=O) groups excluding carboxylic acids is 2. The van der Waals surface area contributed by atoms with E-state index in [-0.39, 0.29) is 12.3 Å². The molecule has 1 heterocycles. The highest BCUT2D eigenvalue weighted by Crippen LogP contribution is 2.25. The van der Waals surface area contributed by atoms with Crippen molar-refractivity contribution in [1.82, 2.24) is 0 Å². The summed E-state index contributed by atoms with van der Waals surface area (Å²) in [6.07, 6.45) is 1.00. The predicted molar refractivity (Wildman–Crippen MR) is 89.8 cm³/mol. The molecular weight excluding hydrogens is 290 g/mol. The van der Waals surface area contributed by atoms with Gasteiger partial charge in [-0.3, -0.25) is 9.59 Å². The summed E-state index contributed by atoms with van der Waals surface area (Å²) < 4.78 is 0. The van der Waals surface area contributed by atoms with Crippen LogP contribution < -0.4 is 16.4 Å². The first kappa shape index (κ1) is 15.1. The molecule has 3 rings (SSSR count). The minimum Gasteiger partial charge on any atom is -0.399 e. The van der Waals surface area contributed by atoms with Crippen molar-refractivity contribution in [3.63, 3.8) is 0 Å². The quantitative estimate of drug-likeness (QED) is 0.842. The van der Waals surface area contributed by atoms with Gasteiger partial charge in [-0.15, -0.1) is 0 Å². The van der Waals surface area contributed by atoms with E-state index in [1.165, 1.54) is 5.56 Å². The Morgan fingerprint density at radius 2 is 1.61 bits per heavy atom. The first-order valence-corrected chi connectivity index (χ1v) is 7.56. The van der Waals surface area contributed by atoms with Crippen LogP contribution >= 0.6 is 0 Å². The molecule has 0 aromatic heterocycles. The van der Waals surface area contributed by atoms with Crippen molar-refractivity contribution in [2.24, 2.45) is 11.7 Å². The van der Waals surface area contributed by atoms with E-state index < -0.39 is 11.8 Å². The van der Waals surface area contributed by atoms with E-state index >= 15 is 0 Å². The summed E-state index contributed by atoms with van der Waals surface area (Å²) in [5, 5.41) is 0. The van der Waals surface area contributed by atoms with Crippen LogP contribution in [0.1, 0.15) is 17.5 Å². The molecule has 2 amide bonds. The van der Waals surface area contributed by atoms with E-state index in [1.807, 2.05) is 48.5 Å². The van der Waals surface area contributed by atoms with Gasteiger partial charge < -0.3 is 16.4 Å². The molecule has 0 bridgehead atoms. The van der Waals surface area contributed by atoms with Crippen LogP contribution in [0.3, 0.4) is 0 Å². The van der Waals surface area contributed by atoms with E-state index in [1.54, 1.807) is 4.90 Å². The number of amides is 2. The highest BCUT2D eigenvalue weighted by atomic mass is 16.2. The number of nitrogens with two attached hydrogens (primary N) is 2. The molecule has 23 heavy (non-hydrogen) atoms. The van der Waals surface area contributed by atoms with Gasteiger partial charge in [0.05, 0.1) is 5.92 Å². The fourth-order valence-electron chi connectivity index (χ4n) is 2.81. The summed E-state index contributed by atoms with van der Waals surface area (Å²) in [5.74, 6) is -0.863. The summed E-state index contributed by atoms with van der Waals surface area (Å²) in [5.41, 5.74) is 14.9. The van der Waals surface area contributed by atoms with Crippen LogP contribution in [-0.2, 0) is 16.0 Å². The van der Waals surface area contributed by atoms with Gasteiger partial charge in [0.1, 0.15) is 0 Å². The molecule has 1 fully saturated rings. The third-order valence-electron chi connectivity index (χ3n) is 4.16. The number of rotatable bonds is 4. The number of benzene rings is 2. The van der Waals surface area contributed by atoms with Gasteiger partial charge in [0.15, 0.2) is 0 Å². The molecular formula is C18H19N3O2. The molecule has 1 saturated heterocycles. The minimum atomic E-state index is -0.416. The van der Waals surface area contributed by atoms with Gasteiger partial charge in [-0.1, -0.05) is 24.3 Å². The van der Waals surface area contributed by atoms with Gasteiger partial charge in [-0.25, -0.2) is 0 Å². The normalized spacial score (nSPS) is 17.5. The Morgan fingerprint density at radius 3 is 2.13 bits per heavy atom. The van der Waals surface area contributed by atoms with Crippen molar-refractivity contribution in [2.45, 2.75) is 12.8 Å². The van der Waals surface area contributed by atoms with E-state index in [0.717, 1.165) is 23.4 Å². The zero-order valence-electron chi connectivity index (χ0n) is 12.7. The SMILES string of the molecule is NC(=O)C1CC(=O)N(c2ccc(Cc3ccc(N)cc3)cc2)C1. The second-order valence-corrected chi connectivity index (χ2v) is 5.89. The zero-order chi connectivity index (χ0) is 16.4. The number of hydrogen-bond acceptors (Lipinski definition) is 3. The maximum absolute atomic E-state index is 12.0. The van der Waals surface area contributed by atoms with Crippen LogP contribution in [0.15, 0.2) is 48.5 Å². The molecule has 5 heteroatoms. The Kier molecular flexibility index (Phi) is 4.02. The van der Waals surface area contributed by atoms with Gasteiger partial charge in [-0.05, 0) is 41.8 Å². The number of hydrogen-bond donors (Lipinski definition) is 2. The Hall–Kier alpha value is -2.82. The van der Waals surface area contributed by atoms with E-state index in [2.05, 4.69) is 0 Å². The van der Waals surface area contributed by atoms with Crippen molar-refractivity contribution >= 4 is 23.2 Å². The third-order valence-corrected chi connectivity index (χ3v) is 4.16. The van der Waals surface area contributed by atoms with Crippen molar-refractivity contribution in [3.05, 3.63) is 59.7 Å². The van der Waals surface area contributed by atoms with Gasteiger partial charge in [-0.2, -0.15) is 0 Å².